The smallest absolute Gasteiger partial charge is 0.304 e. The van der Waals surface area contributed by atoms with Crippen molar-refractivity contribution >= 4 is 21.7 Å². The molecule has 0 radical (unpaired) electrons. The van der Waals surface area contributed by atoms with Crippen LogP contribution in [-0.4, -0.2) is 60.3 Å². The van der Waals surface area contributed by atoms with Crippen LogP contribution in [0.4, 0.5) is 0 Å². The Labute approximate surface area is 205 Å². The summed E-state index contributed by atoms with van der Waals surface area (Å²) in [7, 11) is -3.96. The summed E-state index contributed by atoms with van der Waals surface area (Å²) in [5.41, 5.74) is 13.5. The number of likely N-dealkylation sites (tertiary alicyclic amines) is 1. The summed E-state index contributed by atoms with van der Waals surface area (Å²) in [6, 6.07) is 14.7. The van der Waals surface area contributed by atoms with Gasteiger partial charge in [-0.15, -0.1) is 0 Å². The van der Waals surface area contributed by atoms with E-state index in [9.17, 15) is 23.1 Å². The standard InChI is InChI=1S/C25H31N3O5S.H2O/c26-16-25(15-23(29)30)14-22(28(24(25)31)10-4-7-17-5-2-1-3-6-17)34(32,33)21-9-8-18-11-20(27)12-19(18)13-21;/h1-3,5-6,8-9,13,20,22H,4,7,10-12,14-16,26-27H2,(H,29,30);1H2/t20?,22-,25+;/m0./s1. The van der Waals surface area contributed by atoms with Gasteiger partial charge in [0.05, 0.1) is 16.7 Å². The Morgan fingerprint density at radius 1 is 1.11 bits per heavy atom. The van der Waals surface area contributed by atoms with Gasteiger partial charge in [0, 0.05) is 19.1 Å². The Balaban J connectivity index is 0.00000342. The molecule has 190 valence electrons. The van der Waals surface area contributed by atoms with Gasteiger partial charge < -0.3 is 26.9 Å². The van der Waals surface area contributed by atoms with Crippen LogP contribution in [0.3, 0.4) is 0 Å². The zero-order valence-corrected chi connectivity index (χ0v) is 20.3. The van der Waals surface area contributed by atoms with Crippen LogP contribution in [0.2, 0.25) is 0 Å². The van der Waals surface area contributed by atoms with Crippen LogP contribution in [0.25, 0.3) is 0 Å². The highest BCUT2D eigenvalue weighted by atomic mass is 32.2. The van der Waals surface area contributed by atoms with Gasteiger partial charge in [0.15, 0.2) is 9.84 Å². The summed E-state index contributed by atoms with van der Waals surface area (Å²) in [4.78, 5) is 26.5. The molecule has 4 rings (SSSR count). The topological polar surface area (TPSA) is 175 Å². The summed E-state index contributed by atoms with van der Waals surface area (Å²) in [6.07, 6.45) is 1.89. The van der Waals surface area contributed by atoms with Crippen LogP contribution in [-0.2, 0) is 38.7 Å². The van der Waals surface area contributed by atoms with E-state index in [1.165, 1.54) is 4.90 Å². The minimum atomic E-state index is -3.96. The van der Waals surface area contributed by atoms with Crippen molar-refractivity contribution in [2.45, 2.75) is 54.8 Å². The van der Waals surface area contributed by atoms with Crippen molar-refractivity contribution in [3.8, 4) is 0 Å². The first-order valence-electron chi connectivity index (χ1n) is 11.5. The van der Waals surface area contributed by atoms with Crippen LogP contribution >= 0.6 is 0 Å². The molecular weight excluding hydrogens is 470 g/mol. The molecule has 3 atom stereocenters. The number of aryl methyl sites for hydroxylation is 1. The summed E-state index contributed by atoms with van der Waals surface area (Å²) in [6.45, 7) is -0.0206. The van der Waals surface area contributed by atoms with E-state index in [1.54, 1.807) is 18.2 Å². The number of sulfone groups is 1. The molecule has 1 aliphatic carbocycles. The zero-order chi connectivity index (χ0) is 24.5. The normalized spacial score (nSPS) is 23.7. The number of carboxylic acids is 1. The van der Waals surface area contributed by atoms with Crippen molar-refractivity contribution in [3.63, 3.8) is 0 Å². The van der Waals surface area contributed by atoms with Crippen molar-refractivity contribution in [3.05, 3.63) is 65.2 Å². The van der Waals surface area contributed by atoms with Crippen molar-refractivity contribution in [1.82, 2.24) is 4.90 Å². The molecule has 1 heterocycles. The van der Waals surface area contributed by atoms with Gasteiger partial charge >= 0.3 is 5.97 Å². The molecule has 7 N–H and O–H groups in total. The van der Waals surface area contributed by atoms with Crippen molar-refractivity contribution < 1.29 is 28.6 Å². The number of carboxylic acid groups (broad SMARTS) is 1. The van der Waals surface area contributed by atoms with Gasteiger partial charge in [-0.2, -0.15) is 0 Å². The van der Waals surface area contributed by atoms with Crippen LogP contribution in [0.5, 0.6) is 0 Å². The first-order valence-corrected chi connectivity index (χ1v) is 13.1. The van der Waals surface area contributed by atoms with E-state index in [-0.39, 0.29) is 35.9 Å². The van der Waals surface area contributed by atoms with E-state index in [0.717, 1.165) is 16.7 Å². The highest BCUT2D eigenvalue weighted by Gasteiger charge is 2.56. The van der Waals surface area contributed by atoms with Crippen LogP contribution in [0.1, 0.15) is 36.0 Å². The van der Waals surface area contributed by atoms with Crippen LogP contribution in [0, 0.1) is 5.41 Å². The largest absolute Gasteiger partial charge is 0.481 e. The van der Waals surface area contributed by atoms with Gasteiger partial charge in [-0.05, 0) is 60.9 Å². The Bertz CT molecular complexity index is 1190. The molecule has 35 heavy (non-hydrogen) atoms. The maximum absolute atomic E-state index is 13.8. The SMILES string of the molecule is NC[C@]1(CC(=O)O)C[C@H](S(=O)(=O)c2ccc3c(c2)CC(N)C3)N(CCCc2ccccc2)C1=O.O. The fraction of sp³-hybridized carbons (Fsp3) is 0.440. The average Bonchev–Trinajstić information content (AvgIpc) is 3.31. The Kier molecular flexibility index (Phi) is 8.00. The van der Waals surface area contributed by atoms with E-state index in [0.29, 0.717) is 25.7 Å². The molecule has 0 aromatic heterocycles. The lowest BCUT2D eigenvalue weighted by atomic mass is 9.83. The number of carbonyl (C=O) groups is 2. The van der Waals surface area contributed by atoms with Crippen LogP contribution in [0.15, 0.2) is 53.4 Å². The Morgan fingerprint density at radius 3 is 2.46 bits per heavy atom. The van der Waals surface area contributed by atoms with Gasteiger partial charge in [-0.3, -0.25) is 9.59 Å². The van der Waals surface area contributed by atoms with Gasteiger partial charge in [-0.25, -0.2) is 8.42 Å². The molecule has 1 unspecified atom stereocenters. The lowest BCUT2D eigenvalue weighted by Gasteiger charge is -2.26. The second-order valence-corrected chi connectivity index (χ2v) is 11.6. The van der Waals surface area contributed by atoms with Crippen molar-refractivity contribution in [2.24, 2.45) is 16.9 Å². The highest BCUT2D eigenvalue weighted by Crippen LogP contribution is 2.42. The highest BCUT2D eigenvalue weighted by molar-refractivity contribution is 7.92. The average molecular weight is 504 g/mol. The molecule has 0 spiro atoms. The quantitative estimate of drug-likeness (QED) is 0.450. The maximum atomic E-state index is 13.8. The fourth-order valence-corrected chi connectivity index (χ4v) is 7.18. The number of amides is 1. The third-order valence-electron chi connectivity index (χ3n) is 7.04. The summed E-state index contributed by atoms with van der Waals surface area (Å²) in [5.74, 6) is -1.67. The minimum absolute atomic E-state index is 0. The number of hydrogen-bond donors (Lipinski definition) is 3. The number of nitrogens with zero attached hydrogens (tertiary/aromatic N) is 1. The minimum Gasteiger partial charge on any atom is -0.481 e. The third kappa shape index (κ3) is 5.25. The summed E-state index contributed by atoms with van der Waals surface area (Å²) >= 11 is 0. The first-order chi connectivity index (χ1) is 16.2. The monoisotopic (exact) mass is 503 g/mol. The maximum Gasteiger partial charge on any atom is 0.304 e. The number of benzene rings is 2. The number of nitrogens with two attached hydrogens (primary N) is 2. The molecular formula is C25H33N3O6S. The van der Waals surface area contributed by atoms with E-state index in [4.69, 9.17) is 11.5 Å². The summed E-state index contributed by atoms with van der Waals surface area (Å²) < 4.78 is 27.6. The molecule has 1 saturated heterocycles. The number of fused-ring (bicyclic) bond motifs is 1. The molecule has 0 bridgehead atoms. The van der Waals surface area contributed by atoms with Gasteiger partial charge in [-0.1, -0.05) is 36.4 Å². The van der Waals surface area contributed by atoms with E-state index < -0.39 is 38.9 Å². The van der Waals surface area contributed by atoms with Crippen LogP contribution < -0.4 is 11.5 Å². The lowest BCUT2D eigenvalue weighted by Crippen LogP contribution is -2.43. The second kappa shape index (κ2) is 10.4. The fourth-order valence-electron chi connectivity index (χ4n) is 5.23. The van der Waals surface area contributed by atoms with E-state index in [1.807, 2.05) is 30.3 Å². The van der Waals surface area contributed by atoms with Crippen molar-refractivity contribution in [2.75, 3.05) is 13.1 Å². The predicted molar refractivity (Wildman–Crippen MR) is 131 cm³/mol. The number of hydrogen-bond acceptors (Lipinski definition) is 6. The Morgan fingerprint density at radius 2 is 1.80 bits per heavy atom. The van der Waals surface area contributed by atoms with Crippen molar-refractivity contribution in [1.29, 1.82) is 0 Å². The van der Waals surface area contributed by atoms with E-state index in [2.05, 4.69) is 0 Å². The molecule has 2 aliphatic rings. The van der Waals surface area contributed by atoms with Gasteiger partial charge in [0.1, 0.15) is 5.37 Å². The molecule has 1 aliphatic heterocycles. The molecule has 1 amide bonds. The molecule has 1 fully saturated rings. The summed E-state index contributed by atoms with van der Waals surface area (Å²) in [5, 5.41) is 8.29. The number of aliphatic carboxylic acids is 1. The number of carbonyl (C=O) groups excluding carboxylic acids is 1. The molecule has 2 aromatic carbocycles. The molecule has 2 aromatic rings. The lowest BCUT2D eigenvalue weighted by molar-refractivity contribution is -0.146. The Hall–Kier alpha value is -2.79. The van der Waals surface area contributed by atoms with Gasteiger partial charge in [0.25, 0.3) is 0 Å². The first kappa shape index (κ1) is 26.8. The molecule has 9 nitrogen and oxygen atoms in total. The molecule has 0 saturated carbocycles. The van der Waals surface area contributed by atoms with Gasteiger partial charge in [0.2, 0.25) is 5.91 Å². The third-order valence-corrected chi connectivity index (χ3v) is 9.09. The zero-order valence-electron chi connectivity index (χ0n) is 19.5. The molecule has 10 heteroatoms. The predicted octanol–water partition coefficient (Wildman–Crippen LogP) is 0.673. The number of rotatable bonds is 9. The van der Waals surface area contributed by atoms with E-state index >= 15 is 0 Å². The second-order valence-electron chi connectivity index (χ2n) is 9.45.